The average molecular weight is 174 g/mol. The van der Waals surface area contributed by atoms with E-state index in [4.69, 9.17) is 9.11 Å². The molecule has 0 aromatic heterocycles. The molecule has 0 atom stereocenters. The van der Waals surface area contributed by atoms with Gasteiger partial charge in [-0.1, -0.05) is 6.07 Å². The fourth-order valence-electron chi connectivity index (χ4n) is 0.588. The fourth-order valence-corrected chi connectivity index (χ4v) is 1.30. The zero-order valence-electron chi connectivity index (χ0n) is 5.02. The van der Waals surface area contributed by atoms with Gasteiger partial charge in [0.15, 0.2) is 0 Å². The molecule has 0 fully saturated rings. The van der Waals surface area contributed by atoms with Gasteiger partial charge in [0.25, 0.3) is 0 Å². The monoisotopic (exact) mass is 174 g/mol. The molecule has 1 aromatic carbocycles. The summed E-state index contributed by atoms with van der Waals surface area (Å²) in [6, 6.07) is 7.02. The van der Waals surface area contributed by atoms with Gasteiger partial charge in [0.2, 0.25) is 0 Å². The normalized spacial score (nSPS) is 9.80. The Balaban J connectivity index is 2.87. The number of benzene rings is 1. The van der Waals surface area contributed by atoms with E-state index in [0.717, 1.165) is 9.79 Å². The lowest BCUT2D eigenvalue weighted by atomic mass is 10.4. The number of hydrogen-bond acceptors (Lipinski definition) is 4. The molecule has 0 aliphatic heterocycles. The van der Waals surface area contributed by atoms with Gasteiger partial charge in [-0.3, -0.25) is 0 Å². The van der Waals surface area contributed by atoms with Gasteiger partial charge in [0.1, 0.15) is 0 Å². The van der Waals surface area contributed by atoms with E-state index in [1.807, 2.05) is 0 Å². The summed E-state index contributed by atoms with van der Waals surface area (Å²) in [6.45, 7) is 0. The smallest absolute Gasteiger partial charge is 0.0362 e. The summed E-state index contributed by atoms with van der Waals surface area (Å²) >= 11 is 1.35. The van der Waals surface area contributed by atoms with E-state index < -0.39 is 0 Å². The summed E-state index contributed by atoms with van der Waals surface area (Å²) < 4.78 is 17.2. The molecule has 0 spiro atoms. The average Bonchev–Trinajstić information content (AvgIpc) is 2.05. The second-order valence-electron chi connectivity index (χ2n) is 1.66. The van der Waals surface area contributed by atoms with Crippen molar-refractivity contribution < 1.29 is 9.11 Å². The van der Waals surface area contributed by atoms with Crippen LogP contribution < -0.4 is 0 Å². The first-order valence-corrected chi connectivity index (χ1v) is 4.14. The molecule has 0 aliphatic carbocycles. The van der Waals surface area contributed by atoms with Crippen LogP contribution in [0.1, 0.15) is 0 Å². The Morgan fingerprint density at radius 3 is 1.90 bits per heavy atom. The highest BCUT2D eigenvalue weighted by Gasteiger charge is 1.93. The summed E-state index contributed by atoms with van der Waals surface area (Å²) in [7, 11) is 0. The van der Waals surface area contributed by atoms with Crippen molar-refractivity contribution in [2.24, 2.45) is 0 Å². The minimum atomic E-state index is 0.674. The molecular weight excluding hydrogens is 168 g/mol. The topological polar surface area (TPSA) is 40.5 Å². The van der Waals surface area contributed by atoms with Crippen LogP contribution in [0.2, 0.25) is 0 Å². The Morgan fingerprint density at radius 2 is 1.50 bits per heavy atom. The van der Waals surface area contributed by atoms with Crippen molar-refractivity contribution in [2.45, 2.75) is 9.79 Å². The van der Waals surface area contributed by atoms with Crippen LogP contribution >= 0.6 is 24.1 Å². The number of rotatable bonds is 2. The minimum absolute atomic E-state index is 0.674. The molecule has 1 rings (SSSR count). The zero-order valence-corrected chi connectivity index (χ0v) is 6.65. The van der Waals surface area contributed by atoms with Crippen LogP contribution in [0.3, 0.4) is 0 Å². The van der Waals surface area contributed by atoms with Gasteiger partial charge in [-0.25, -0.2) is 0 Å². The van der Waals surface area contributed by atoms with Crippen LogP contribution in [0.5, 0.6) is 0 Å². The Morgan fingerprint density at radius 1 is 1.00 bits per heavy atom. The lowest BCUT2D eigenvalue weighted by molar-refractivity contribution is 0.661. The van der Waals surface area contributed by atoms with E-state index in [2.05, 4.69) is 0 Å². The molecule has 10 heavy (non-hydrogen) atoms. The fraction of sp³-hybridized carbons (Fsp3) is 0. The molecule has 0 radical (unpaired) electrons. The van der Waals surface area contributed by atoms with E-state index in [1.165, 1.54) is 0 Å². The van der Waals surface area contributed by atoms with Crippen LogP contribution in [-0.2, 0) is 0 Å². The van der Waals surface area contributed by atoms with Crippen molar-refractivity contribution in [3.63, 3.8) is 0 Å². The van der Waals surface area contributed by atoms with Gasteiger partial charge >= 0.3 is 0 Å². The van der Waals surface area contributed by atoms with Crippen molar-refractivity contribution in [3.8, 4) is 0 Å². The van der Waals surface area contributed by atoms with Gasteiger partial charge in [-0.05, 0) is 18.2 Å². The predicted molar refractivity (Wildman–Crippen MR) is 43.4 cm³/mol. The van der Waals surface area contributed by atoms with Crippen LogP contribution in [-0.4, -0.2) is 9.11 Å². The minimum Gasteiger partial charge on any atom is -0.325 e. The predicted octanol–water partition coefficient (Wildman–Crippen LogP) is 2.82. The van der Waals surface area contributed by atoms with Crippen LogP contribution in [0, 0.1) is 0 Å². The first-order chi connectivity index (χ1) is 4.86. The van der Waals surface area contributed by atoms with Crippen molar-refractivity contribution >= 4 is 24.1 Å². The first-order valence-electron chi connectivity index (χ1n) is 2.59. The van der Waals surface area contributed by atoms with Crippen LogP contribution in [0.25, 0.3) is 0 Å². The Labute approximate surface area is 67.7 Å². The molecule has 4 heteroatoms. The SMILES string of the molecule is OSc1cccc(SO)c1. The summed E-state index contributed by atoms with van der Waals surface area (Å²) in [5, 5.41) is 0. The molecule has 0 bridgehead atoms. The molecule has 0 saturated carbocycles. The lowest BCUT2D eigenvalue weighted by Gasteiger charge is -1.95. The lowest BCUT2D eigenvalue weighted by Crippen LogP contribution is -1.71. The molecule has 0 heterocycles. The molecular formula is C6H6O2S2. The molecule has 0 aliphatic rings. The summed E-state index contributed by atoms with van der Waals surface area (Å²) in [6.07, 6.45) is 0. The summed E-state index contributed by atoms with van der Waals surface area (Å²) in [5.74, 6) is 0. The largest absolute Gasteiger partial charge is 0.325 e. The maximum Gasteiger partial charge on any atom is 0.0362 e. The molecule has 0 saturated heterocycles. The third-order valence-corrected chi connectivity index (χ3v) is 1.95. The van der Waals surface area contributed by atoms with Gasteiger partial charge in [0, 0.05) is 33.9 Å². The van der Waals surface area contributed by atoms with Crippen molar-refractivity contribution in [1.82, 2.24) is 0 Å². The summed E-state index contributed by atoms with van der Waals surface area (Å²) in [5.41, 5.74) is 0. The van der Waals surface area contributed by atoms with Gasteiger partial charge in [-0.15, -0.1) is 0 Å². The van der Waals surface area contributed by atoms with E-state index in [9.17, 15) is 0 Å². The zero-order chi connectivity index (χ0) is 7.40. The van der Waals surface area contributed by atoms with Crippen molar-refractivity contribution in [1.29, 1.82) is 0 Å². The van der Waals surface area contributed by atoms with E-state index in [-0.39, 0.29) is 0 Å². The molecule has 0 unspecified atom stereocenters. The highest BCUT2D eigenvalue weighted by atomic mass is 32.2. The third kappa shape index (κ3) is 1.91. The van der Waals surface area contributed by atoms with Crippen molar-refractivity contribution in [3.05, 3.63) is 24.3 Å². The highest BCUT2D eigenvalue weighted by Crippen LogP contribution is 2.20. The van der Waals surface area contributed by atoms with Crippen LogP contribution in [0.15, 0.2) is 34.1 Å². The van der Waals surface area contributed by atoms with Crippen LogP contribution in [0.4, 0.5) is 0 Å². The highest BCUT2D eigenvalue weighted by molar-refractivity contribution is 7.94. The Bertz CT molecular complexity index is 195. The molecule has 2 N–H and O–H groups in total. The summed E-state index contributed by atoms with van der Waals surface area (Å²) in [4.78, 5) is 1.47. The number of hydrogen-bond donors (Lipinski definition) is 2. The van der Waals surface area contributed by atoms with Crippen molar-refractivity contribution in [2.75, 3.05) is 0 Å². The maximum absolute atomic E-state index is 8.58. The van der Waals surface area contributed by atoms with Gasteiger partial charge < -0.3 is 9.11 Å². The van der Waals surface area contributed by atoms with E-state index >= 15 is 0 Å². The Kier molecular flexibility index (Phi) is 3.08. The van der Waals surface area contributed by atoms with E-state index in [0.29, 0.717) is 24.1 Å². The second kappa shape index (κ2) is 3.88. The van der Waals surface area contributed by atoms with Gasteiger partial charge in [-0.2, -0.15) is 0 Å². The molecule has 0 amide bonds. The van der Waals surface area contributed by atoms with E-state index in [1.54, 1.807) is 24.3 Å². The molecule has 2 nitrogen and oxygen atoms in total. The quantitative estimate of drug-likeness (QED) is 0.676. The Hall–Kier alpha value is -0.160. The second-order valence-corrected chi connectivity index (χ2v) is 2.97. The first kappa shape index (κ1) is 7.94. The maximum atomic E-state index is 8.58. The third-order valence-electron chi connectivity index (χ3n) is 1.02. The van der Waals surface area contributed by atoms with Gasteiger partial charge in [0.05, 0.1) is 0 Å². The molecule has 54 valence electrons. The standard InChI is InChI=1S/C6H6O2S2/c7-9-5-2-1-3-6(4-5)10-8/h1-4,7-8H. The molecule has 1 aromatic rings.